The predicted molar refractivity (Wildman–Crippen MR) is 121 cm³/mol. The molecule has 0 atom stereocenters. The Bertz CT molecular complexity index is 844. The molecule has 0 spiro atoms. The molecule has 0 radical (unpaired) electrons. The van der Waals surface area contributed by atoms with Crippen LogP contribution in [0.2, 0.25) is 0 Å². The minimum atomic E-state index is 0.658. The molecule has 3 nitrogen and oxygen atoms in total. The number of anilines is 1. The van der Waals surface area contributed by atoms with E-state index < -0.39 is 0 Å². The lowest BCUT2D eigenvalue weighted by Gasteiger charge is -2.13. The van der Waals surface area contributed by atoms with Crippen LogP contribution in [0.5, 0.6) is 11.5 Å². The lowest BCUT2D eigenvalue weighted by Crippen LogP contribution is -2.06. The SMILES string of the molecule is CC(C)CCOc1ccc(NCc2ccccc2OCCc2ccccc2)cc1. The van der Waals surface area contributed by atoms with Crippen molar-refractivity contribution < 1.29 is 9.47 Å². The molecule has 0 amide bonds. The fourth-order valence-corrected chi connectivity index (χ4v) is 2.99. The molecule has 3 aromatic carbocycles. The normalized spacial score (nSPS) is 10.7. The van der Waals surface area contributed by atoms with E-state index in [4.69, 9.17) is 9.47 Å². The van der Waals surface area contributed by atoms with Crippen LogP contribution in [0, 0.1) is 5.92 Å². The molecule has 0 unspecified atom stereocenters. The molecule has 0 aliphatic carbocycles. The first-order chi connectivity index (χ1) is 14.2. The highest BCUT2D eigenvalue weighted by atomic mass is 16.5. The van der Waals surface area contributed by atoms with Gasteiger partial charge in [-0.2, -0.15) is 0 Å². The molecule has 0 aliphatic heterocycles. The molecular formula is C26H31NO2. The second-order valence-electron chi connectivity index (χ2n) is 7.60. The Kier molecular flexibility index (Phi) is 8.00. The van der Waals surface area contributed by atoms with Crippen LogP contribution in [0.3, 0.4) is 0 Å². The van der Waals surface area contributed by atoms with Crippen LogP contribution >= 0.6 is 0 Å². The van der Waals surface area contributed by atoms with Crippen LogP contribution in [0.25, 0.3) is 0 Å². The third-order valence-corrected chi connectivity index (χ3v) is 4.76. The Hall–Kier alpha value is -2.94. The van der Waals surface area contributed by atoms with Gasteiger partial charge < -0.3 is 14.8 Å². The lowest BCUT2D eigenvalue weighted by atomic mass is 10.1. The third-order valence-electron chi connectivity index (χ3n) is 4.76. The maximum atomic E-state index is 6.05. The van der Waals surface area contributed by atoms with Crippen molar-refractivity contribution in [3.63, 3.8) is 0 Å². The summed E-state index contributed by atoms with van der Waals surface area (Å²) in [5, 5.41) is 3.48. The maximum absolute atomic E-state index is 6.05. The molecule has 3 aromatic rings. The Morgan fingerprint density at radius 3 is 2.24 bits per heavy atom. The Morgan fingerprint density at radius 1 is 0.759 bits per heavy atom. The number of para-hydroxylation sites is 1. The van der Waals surface area contributed by atoms with Gasteiger partial charge in [-0.3, -0.25) is 0 Å². The first kappa shape index (κ1) is 20.8. The quantitative estimate of drug-likeness (QED) is 0.415. The molecule has 0 fully saturated rings. The first-order valence-electron chi connectivity index (χ1n) is 10.4. The summed E-state index contributed by atoms with van der Waals surface area (Å²) < 4.78 is 11.8. The minimum Gasteiger partial charge on any atom is -0.494 e. The van der Waals surface area contributed by atoms with E-state index in [-0.39, 0.29) is 0 Å². The van der Waals surface area contributed by atoms with Crippen molar-refractivity contribution in [2.24, 2.45) is 5.92 Å². The summed E-state index contributed by atoms with van der Waals surface area (Å²) in [6, 6.07) is 26.8. The molecule has 0 saturated heterocycles. The van der Waals surface area contributed by atoms with E-state index in [1.54, 1.807) is 0 Å². The van der Waals surface area contributed by atoms with Crippen molar-refractivity contribution in [3.8, 4) is 11.5 Å². The molecule has 0 aromatic heterocycles. The largest absolute Gasteiger partial charge is 0.494 e. The van der Waals surface area contributed by atoms with Crippen molar-refractivity contribution >= 4 is 5.69 Å². The fourth-order valence-electron chi connectivity index (χ4n) is 2.99. The van der Waals surface area contributed by atoms with Crippen LogP contribution in [0.4, 0.5) is 5.69 Å². The summed E-state index contributed by atoms with van der Waals surface area (Å²) in [5.41, 5.74) is 3.51. The molecule has 0 aliphatic rings. The van der Waals surface area contributed by atoms with Crippen LogP contribution < -0.4 is 14.8 Å². The summed E-state index contributed by atoms with van der Waals surface area (Å²) in [6.07, 6.45) is 1.97. The van der Waals surface area contributed by atoms with Gasteiger partial charge in [-0.15, -0.1) is 0 Å². The second kappa shape index (κ2) is 11.2. The van der Waals surface area contributed by atoms with Gasteiger partial charge >= 0.3 is 0 Å². The van der Waals surface area contributed by atoms with Gasteiger partial charge in [-0.1, -0.05) is 62.4 Å². The highest BCUT2D eigenvalue weighted by Gasteiger charge is 2.04. The van der Waals surface area contributed by atoms with Crippen LogP contribution in [0.15, 0.2) is 78.9 Å². The smallest absolute Gasteiger partial charge is 0.124 e. The van der Waals surface area contributed by atoms with E-state index in [2.05, 4.69) is 61.6 Å². The van der Waals surface area contributed by atoms with Gasteiger partial charge in [-0.25, -0.2) is 0 Å². The molecule has 3 rings (SSSR count). The van der Waals surface area contributed by atoms with E-state index in [9.17, 15) is 0 Å². The van der Waals surface area contributed by atoms with Gasteiger partial charge in [0.05, 0.1) is 13.2 Å². The highest BCUT2D eigenvalue weighted by molar-refractivity contribution is 5.48. The Balaban J connectivity index is 1.49. The zero-order valence-corrected chi connectivity index (χ0v) is 17.4. The number of benzene rings is 3. The van der Waals surface area contributed by atoms with E-state index in [1.807, 2.05) is 36.4 Å². The van der Waals surface area contributed by atoms with E-state index >= 15 is 0 Å². The van der Waals surface area contributed by atoms with E-state index in [0.717, 1.165) is 48.7 Å². The molecule has 29 heavy (non-hydrogen) atoms. The van der Waals surface area contributed by atoms with Gasteiger partial charge in [0.15, 0.2) is 0 Å². The highest BCUT2D eigenvalue weighted by Crippen LogP contribution is 2.21. The van der Waals surface area contributed by atoms with Crippen molar-refractivity contribution in [1.29, 1.82) is 0 Å². The lowest BCUT2D eigenvalue weighted by molar-refractivity contribution is 0.289. The van der Waals surface area contributed by atoms with Crippen molar-refractivity contribution in [1.82, 2.24) is 0 Å². The fraction of sp³-hybridized carbons (Fsp3) is 0.308. The number of hydrogen-bond acceptors (Lipinski definition) is 3. The average molecular weight is 390 g/mol. The van der Waals surface area contributed by atoms with Gasteiger partial charge in [0.2, 0.25) is 0 Å². The molecular weight excluding hydrogens is 358 g/mol. The minimum absolute atomic E-state index is 0.658. The molecule has 1 N–H and O–H groups in total. The Morgan fingerprint density at radius 2 is 1.48 bits per heavy atom. The first-order valence-corrected chi connectivity index (χ1v) is 10.4. The number of nitrogens with one attached hydrogen (secondary N) is 1. The monoisotopic (exact) mass is 389 g/mol. The summed E-state index contributed by atoms with van der Waals surface area (Å²) in [6.45, 7) is 6.57. The van der Waals surface area contributed by atoms with E-state index in [0.29, 0.717) is 12.5 Å². The van der Waals surface area contributed by atoms with Crippen molar-refractivity contribution in [2.75, 3.05) is 18.5 Å². The average Bonchev–Trinajstić information content (AvgIpc) is 2.74. The summed E-state index contributed by atoms with van der Waals surface area (Å²) in [4.78, 5) is 0. The molecule has 3 heteroatoms. The summed E-state index contributed by atoms with van der Waals surface area (Å²) in [5.74, 6) is 2.51. The topological polar surface area (TPSA) is 30.5 Å². The Labute approximate surface area is 174 Å². The number of hydrogen-bond donors (Lipinski definition) is 1. The van der Waals surface area contributed by atoms with Gasteiger partial charge in [0.1, 0.15) is 11.5 Å². The summed E-state index contributed by atoms with van der Waals surface area (Å²) >= 11 is 0. The number of rotatable bonds is 11. The zero-order valence-electron chi connectivity index (χ0n) is 17.4. The summed E-state index contributed by atoms with van der Waals surface area (Å²) in [7, 11) is 0. The van der Waals surface area contributed by atoms with Crippen LogP contribution in [-0.4, -0.2) is 13.2 Å². The van der Waals surface area contributed by atoms with Crippen LogP contribution in [0.1, 0.15) is 31.4 Å². The van der Waals surface area contributed by atoms with E-state index in [1.165, 1.54) is 5.56 Å². The van der Waals surface area contributed by atoms with Crippen LogP contribution in [-0.2, 0) is 13.0 Å². The van der Waals surface area contributed by atoms with Crippen molar-refractivity contribution in [3.05, 3.63) is 90.0 Å². The van der Waals surface area contributed by atoms with Gasteiger partial charge in [-0.05, 0) is 48.2 Å². The van der Waals surface area contributed by atoms with Crippen molar-refractivity contribution in [2.45, 2.75) is 33.2 Å². The molecule has 0 saturated carbocycles. The van der Waals surface area contributed by atoms with Gasteiger partial charge in [0, 0.05) is 24.2 Å². The number of ether oxygens (including phenoxy) is 2. The molecule has 0 heterocycles. The maximum Gasteiger partial charge on any atom is 0.124 e. The molecule has 152 valence electrons. The standard InChI is InChI=1S/C26H31NO2/c1-21(2)16-18-28-25-14-12-24(13-15-25)27-20-23-10-6-7-11-26(23)29-19-17-22-8-4-3-5-9-22/h3-15,21,27H,16-20H2,1-2H3. The van der Waals surface area contributed by atoms with Gasteiger partial charge in [0.25, 0.3) is 0 Å². The molecule has 0 bridgehead atoms. The zero-order chi connectivity index (χ0) is 20.3. The third kappa shape index (κ3) is 7.19. The second-order valence-corrected chi connectivity index (χ2v) is 7.60. The predicted octanol–water partition coefficient (Wildman–Crippen LogP) is 6.35.